The number of hydrogen-bond donors (Lipinski definition) is 1. The average Bonchev–Trinajstić information content (AvgIpc) is 3.02. The van der Waals surface area contributed by atoms with Gasteiger partial charge in [0.15, 0.2) is 6.61 Å². The standard InChI is InChI=1S/C15H13Cl2NO4/c1-9(10-4-5-11(16)12(17)7-10)18-14(19)8-22-15(20)13-3-2-6-21-13/h2-7,9H,8H2,1H3,(H,18,19). The zero-order valence-electron chi connectivity index (χ0n) is 11.6. The van der Waals surface area contributed by atoms with Crippen LogP contribution < -0.4 is 5.32 Å². The number of benzene rings is 1. The predicted molar refractivity (Wildman–Crippen MR) is 82.0 cm³/mol. The quantitative estimate of drug-likeness (QED) is 0.843. The van der Waals surface area contributed by atoms with Gasteiger partial charge in [-0.15, -0.1) is 0 Å². The molecule has 0 radical (unpaired) electrons. The lowest BCUT2D eigenvalue weighted by Gasteiger charge is -2.15. The van der Waals surface area contributed by atoms with Gasteiger partial charge in [-0.2, -0.15) is 0 Å². The Morgan fingerprint density at radius 3 is 2.68 bits per heavy atom. The van der Waals surface area contributed by atoms with E-state index in [1.807, 2.05) is 0 Å². The summed E-state index contributed by atoms with van der Waals surface area (Å²) in [4.78, 5) is 23.3. The fraction of sp³-hybridized carbons (Fsp3) is 0.200. The van der Waals surface area contributed by atoms with Crippen LogP contribution in [0, 0.1) is 0 Å². The first-order valence-corrected chi connectivity index (χ1v) is 7.18. The molecule has 0 aliphatic rings. The Labute approximate surface area is 137 Å². The van der Waals surface area contributed by atoms with E-state index < -0.39 is 18.5 Å². The summed E-state index contributed by atoms with van der Waals surface area (Å²) in [6, 6.07) is 7.79. The fourth-order valence-electron chi connectivity index (χ4n) is 1.75. The molecule has 0 aliphatic carbocycles. The van der Waals surface area contributed by atoms with Crippen molar-refractivity contribution in [2.45, 2.75) is 13.0 Å². The second kappa shape index (κ2) is 7.33. The fourth-order valence-corrected chi connectivity index (χ4v) is 2.05. The Bertz CT molecular complexity index is 670. The van der Waals surface area contributed by atoms with Crippen molar-refractivity contribution in [1.82, 2.24) is 5.32 Å². The molecule has 0 saturated carbocycles. The Morgan fingerprint density at radius 2 is 2.05 bits per heavy atom. The Hall–Kier alpha value is -1.98. The highest BCUT2D eigenvalue weighted by atomic mass is 35.5. The molecule has 0 bridgehead atoms. The average molecular weight is 342 g/mol. The van der Waals surface area contributed by atoms with Gasteiger partial charge < -0.3 is 14.5 Å². The van der Waals surface area contributed by atoms with E-state index in [1.54, 1.807) is 31.2 Å². The van der Waals surface area contributed by atoms with E-state index in [9.17, 15) is 9.59 Å². The van der Waals surface area contributed by atoms with Gasteiger partial charge in [0.05, 0.1) is 22.4 Å². The van der Waals surface area contributed by atoms with Gasteiger partial charge in [-0.1, -0.05) is 29.3 Å². The number of halogens is 2. The number of amides is 1. The Kier molecular flexibility index (Phi) is 5.46. The number of nitrogens with one attached hydrogen (secondary N) is 1. The van der Waals surface area contributed by atoms with Gasteiger partial charge in [-0.05, 0) is 36.8 Å². The number of hydrogen-bond acceptors (Lipinski definition) is 4. The highest BCUT2D eigenvalue weighted by Gasteiger charge is 2.15. The number of esters is 1. The van der Waals surface area contributed by atoms with Gasteiger partial charge in [0, 0.05) is 0 Å². The van der Waals surface area contributed by atoms with Crippen molar-refractivity contribution < 1.29 is 18.7 Å². The SMILES string of the molecule is CC(NC(=O)COC(=O)c1ccco1)c1ccc(Cl)c(Cl)c1. The number of carbonyl (C=O) groups is 2. The molecule has 0 fully saturated rings. The van der Waals surface area contributed by atoms with E-state index in [0.29, 0.717) is 10.0 Å². The zero-order chi connectivity index (χ0) is 16.1. The van der Waals surface area contributed by atoms with Crippen LogP contribution in [0.2, 0.25) is 10.0 Å². The third-order valence-corrected chi connectivity index (χ3v) is 3.62. The van der Waals surface area contributed by atoms with E-state index in [1.165, 1.54) is 12.3 Å². The molecule has 1 heterocycles. The van der Waals surface area contributed by atoms with Gasteiger partial charge in [-0.3, -0.25) is 4.79 Å². The minimum absolute atomic E-state index is 0.0466. The van der Waals surface area contributed by atoms with Crippen LogP contribution in [-0.2, 0) is 9.53 Å². The summed E-state index contributed by atoms with van der Waals surface area (Å²) in [5.41, 5.74) is 0.792. The highest BCUT2D eigenvalue weighted by molar-refractivity contribution is 6.42. The molecule has 1 N–H and O–H groups in total. The molecule has 0 saturated heterocycles. The lowest BCUT2D eigenvalue weighted by Crippen LogP contribution is -2.31. The molecule has 7 heteroatoms. The summed E-state index contributed by atoms with van der Waals surface area (Å²) in [6.45, 7) is 1.39. The molecule has 2 aromatic rings. The second-order valence-corrected chi connectivity index (χ2v) is 5.33. The first kappa shape index (κ1) is 16.4. The molecule has 2 rings (SSSR count). The van der Waals surface area contributed by atoms with Crippen molar-refractivity contribution in [3.05, 3.63) is 58.0 Å². The van der Waals surface area contributed by atoms with Gasteiger partial charge in [0.1, 0.15) is 0 Å². The van der Waals surface area contributed by atoms with Crippen molar-refractivity contribution in [1.29, 1.82) is 0 Å². The highest BCUT2D eigenvalue weighted by Crippen LogP contribution is 2.25. The van der Waals surface area contributed by atoms with Crippen molar-refractivity contribution in [3.63, 3.8) is 0 Å². The number of carbonyl (C=O) groups excluding carboxylic acids is 2. The van der Waals surface area contributed by atoms with Crippen molar-refractivity contribution in [2.75, 3.05) is 6.61 Å². The zero-order valence-corrected chi connectivity index (χ0v) is 13.1. The Morgan fingerprint density at radius 1 is 1.27 bits per heavy atom. The summed E-state index contributed by atoms with van der Waals surface area (Å²) < 4.78 is 9.70. The van der Waals surface area contributed by atoms with Crippen molar-refractivity contribution in [2.24, 2.45) is 0 Å². The molecule has 1 aromatic carbocycles. The van der Waals surface area contributed by atoms with E-state index in [2.05, 4.69) is 5.32 Å². The lowest BCUT2D eigenvalue weighted by atomic mass is 10.1. The van der Waals surface area contributed by atoms with Gasteiger partial charge in [-0.25, -0.2) is 4.79 Å². The maximum atomic E-state index is 11.8. The summed E-state index contributed by atoms with van der Waals surface area (Å²) in [6.07, 6.45) is 1.35. The van der Waals surface area contributed by atoms with Crippen LogP contribution in [0.1, 0.15) is 29.1 Å². The predicted octanol–water partition coefficient (Wildman–Crippen LogP) is 3.62. The molecule has 1 unspecified atom stereocenters. The van der Waals surface area contributed by atoms with Gasteiger partial charge in [0.2, 0.25) is 5.76 Å². The van der Waals surface area contributed by atoms with E-state index >= 15 is 0 Å². The lowest BCUT2D eigenvalue weighted by molar-refractivity contribution is -0.124. The van der Waals surface area contributed by atoms with Crippen LogP contribution in [0.5, 0.6) is 0 Å². The number of furan rings is 1. The number of ether oxygens (including phenoxy) is 1. The Balaban J connectivity index is 1.86. The first-order chi connectivity index (χ1) is 10.5. The van der Waals surface area contributed by atoms with Crippen molar-refractivity contribution >= 4 is 35.1 Å². The topological polar surface area (TPSA) is 68.5 Å². The van der Waals surface area contributed by atoms with E-state index in [4.69, 9.17) is 32.4 Å². The van der Waals surface area contributed by atoms with Crippen LogP contribution in [0.15, 0.2) is 41.0 Å². The minimum atomic E-state index is -0.692. The molecular formula is C15H13Cl2NO4. The smallest absolute Gasteiger partial charge is 0.374 e. The first-order valence-electron chi connectivity index (χ1n) is 6.42. The minimum Gasteiger partial charge on any atom is -0.457 e. The molecular weight excluding hydrogens is 329 g/mol. The molecule has 1 aromatic heterocycles. The second-order valence-electron chi connectivity index (χ2n) is 4.52. The maximum absolute atomic E-state index is 11.8. The largest absolute Gasteiger partial charge is 0.457 e. The molecule has 1 amide bonds. The normalized spacial score (nSPS) is 11.8. The third-order valence-electron chi connectivity index (χ3n) is 2.88. The van der Waals surface area contributed by atoms with E-state index in [-0.39, 0.29) is 11.8 Å². The summed E-state index contributed by atoms with van der Waals surface area (Å²) >= 11 is 11.8. The molecule has 22 heavy (non-hydrogen) atoms. The summed E-state index contributed by atoms with van der Waals surface area (Å²) in [5, 5.41) is 3.54. The van der Waals surface area contributed by atoms with Gasteiger partial charge >= 0.3 is 5.97 Å². The third kappa shape index (κ3) is 4.26. The molecule has 5 nitrogen and oxygen atoms in total. The molecule has 1 atom stereocenters. The molecule has 116 valence electrons. The number of rotatable bonds is 5. The van der Waals surface area contributed by atoms with E-state index in [0.717, 1.165) is 5.56 Å². The molecule has 0 spiro atoms. The van der Waals surface area contributed by atoms with Crippen LogP contribution in [-0.4, -0.2) is 18.5 Å². The van der Waals surface area contributed by atoms with Crippen molar-refractivity contribution in [3.8, 4) is 0 Å². The van der Waals surface area contributed by atoms with Crippen LogP contribution in [0.25, 0.3) is 0 Å². The van der Waals surface area contributed by atoms with Gasteiger partial charge in [0.25, 0.3) is 5.91 Å². The van der Waals surface area contributed by atoms with Crippen LogP contribution >= 0.6 is 23.2 Å². The maximum Gasteiger partial charge on any atom is 0.374 e. The molecule has 0 aliphatic heterocycles. The van der Waals surface area contributed by atoms with Crippen LogP contribution in [0.4, 0.5) is 0 Å². The van der Waals surface area contributed by atoms with Crippen LogP contribution in [0.3, 0.4) is 0 Å². The monoisotopic (exact) mass is 341 g/mol. The summed E-state index contributed by atoms with van der Waals surface area (Å²) in [5.74, 6) is -1.08. The summed E-state index contributed by atoms with van der Waals surface area (Å²) in [7, 11) is 0.